The molecule has 2 rings (SSSR count). The van der Waals surface area contributed by atoms with E-state index in [4.69, 9.17) is 0 Å². The van der Waals surface area contributed by atoms with Gasteiger partial charge in [0.05, 0.1) is 23.7 Å². The quantitative estimate of drug-likeness (QED) is 0.659. The second-order valence-corrected chi connectivity index (χ2v) is 6.21. The van der Waals surface area contributed by atoms with Gasteiger partial charge in [-0.3, -0.25) is 10.1 Å². The van der Waals surface area contributed by atoms with Crippen LogP contribution in [-0.4, -0.2) is 34.3 Å². The first kappa shape index (κ1) is 15.2. The molecule has 1 saturated heterocycles. The van der Waals surface area contributed by atoms with Crippen LogP contribution in [0.4, 0.5) is 10.7 Å². The molecule has 1 aliphatic rings. The van der Waals surface area contributed by atoms with Crippen LogP contribution >= 0.6 is 11.3 Å². The lowest BCUT2D eigenvalue weighted by atomic mass is 10.1. The average molecular weight is 300 g/mol. The van der Waals surface area contributed by atoms with Crippen LogP contribution in [0.25, 0.3) is 0 Å². The Morgan fingerprint density at radius 1 is 1.55 bits per heavy atom. The fraction of sp³-hybridized carbons (Fsp3) is 0.692. The van der Waals surface area contributed by atoms with Gasteiger partial charge in [0, 0.05) is 17.5 Å². The highest BCUT2D eigenvalue weighted by Crippen LogP contribution is 2.42. The Hall–Kier alpha value is -1.18. The topological polar surface area (TPSA) is 86.8 Å². The second-order valence-electron chi connectivity index (χ2n) is 5.15. The number of thiophene rings is 1. The summed E-state index contributed by atoms with van der Waals surface area (Å²) >= 11 is 1.25. The van der Waals surface area contributed by atoms with Crippen LogP contribution in [0.2, 0.25) is 0 Å². The summed E-state index contributed by atoms with van der Waals surface area (Å²) in [7, 11) is 0. The minimum absolute atomic E-state index is 0.000926. The van der Waals surface area contributed by atoms with Gasteiger partial charge in [0.15, 0.2) is 5.00 Å². The van der Waals surface area contributed by atoms with Crippen molar-refractivity contribution in [1.82, 2.24) is 0 Å². The second kappa shape index (κ2) is 6.51. The zero-order valence-electron chi connectivity index (χ0n) is 11.5. The lowest BCUT2D eigenvalue weighted by Gasteiger charge is -2.28. The van der Waals surface area contributed by atoms with Gasteiger partial charge < -0.3 is 15.1 Å². The number of rotatable bonds is 4. The summed E-state index contributed by atoms with van der Waals surface area (Å²) in [5.41, 5.74) is 0.0336. The molecule has 6 nitrogen and oxygen atoms in total. The van der Waals surface area contributed by atoms with Crippen molar-refractivity contribution >= 4 is 22.0 Å². The van der Waals surface area contributed by atoms with Crippen molar-refractivity contribution in [1.29, 1.82) is 0 Å². The average Bonchev–Trinajstić information content (AvgIpc) is 2.72. The molecule has 7 heteroatoms. The minimum atomic E-state index is -0.716. The van der Waals surface area contributed by atoms with Crippen molar-refractivity contribution in [2.75, 3.05) is 18.1 Å². The van der Waals surface area contributed by atoms with Gasteiger partial charge >= 0.3 is 5.69 Å². The third kappa shape index (κ3) is 3.11. The molecule has 0 aliphatic carbocycles. The third-order valence-corrected chi connectivity index (χ3v) is 5.00. The Labute approximate surface area is 121 Å². The van der Waals surface area contributed by atoms with Crippen molar-refractivity contribution in [2.45, 2.75) is 44.8 Å². The molecule has 0 aromatic carbocycles. The van der Waals surface area contributed by atoms with Crippen molar-refractivity contribution in [3.05, 3.63) is 21.1 Å². The lowest BCUT2D eigenvalue weighted by molar-refractivity contribution is -0.383. The molecule has 2 heterocycles. The van der Waals surface area contributed by atoms with Crippen LogP contribution in [0.3, 0.4) is 0 Å². The van der Waals surface area contributed by atoms with E-state index in [-0.39, 0.29) is 18.3 Å². The highest BCUT2D eigenvalue weighted by Gasteiger charge is 2.30. The molecule has 1 aliphatic heterocycles. The smallest absolute Gasteiger partial charge is 0.304 e. The van der Waals surface area contributed by atoms with E-state index < -0.39 is 11.0 Å². The molecule has 1 aromatic rings. The van der Waals surface area contributed by atoms with E-state index >= 15 is 0 Å². The highest BCUT2D eigenvalue weighted by molar-refractivity contribution is 7.16. The first-order valence-corrected chi connectivity index (χ1v) is 7.70. The molecule has 20 heavy (non-hydrogen) atoms. The van der Waals surface area contributed by atoms with Crippen LogP contribution in [0.5, 0.6) is 0 Å². The minimum Gasteiger partial charge on any atom is -0.394 e. The number of nitro groups is 1. The Kier molecular flexibility index (Phi) is 4.95. The molecule has 1 fully saturated rings. The Bertz CT molecular complexity index is 475. The highest BCUT2D eigenvalue weighted by atomic mass is 32.1. The van der Waals surface area contributed by atoms with Gasteiger partial charge in [0.2, 0.25) is 0 Å². The monoisotopic (exact) mass is 300 g/mol. The van der Waals surface area contributed by atoms with E-state index in [9.17, 15) is 20.3 Å². The van der Waals surface area contributed by atoms with E-state index in [1.807, 2.05) is 4.90 Å². The standard InChI is InChI=1S/C13H20N2O4S/c1-9(17)12-7-11(15(18)19)13(20-12)14-6-4-2-3-5-10(14)8-16/h7,9-10,16-17H,2-6,8H2,1H3/t9-,10?/m0/s1. The molecule has 1 aromatic heterocycles. The van der Waals surface area contributed by atoms with Crippen LogP contribution in [-0.2, 0) is 0 Å². The van der Waals surface area contributed by atoms with E-state index in [1.165, 1.54) is 17.4 Å². The molecular formula is C13H20N2O4S. The van der Waals surface area contributed by atoms with Gasteiger partial charge in [-0.25, -0.2) is 0 Å². The van der Waals surface area contributed by atoms with Gasteiger partial charge in [-0.15, -0.1) is 11.3 Å². The van der Waals surface area contributed by atoms with E-state index in [2.05, 4.69) is 0 Å². The fourth-order valence-corrected chi connectivity index (χ4v) is 3.73. The molecule has 0 saturated carbocycles. The molecule has 0 amide bonds. The van der Waals surface area contributed by atoms with Crippen molar-refractivity contribution < 1.29 is 15.1 Å². The third-order valence-electron chi connectivity index (χ3n) is 3.67. The first-order chi connectivity index (χ1) is 9.54. The zero-order valence-corrected chi connectivity index (χ0v) is 12.3. The molecule has 0 bridgehead atoms. The summed E-state index contributed by atoms with van der Waals surface area (Å²) in [5.74, 6) is 0. The lowest BCUT2D eigenvalue weighted by Crippen LogP contribution is -2.37. The molecule has 1 unspecified atom stereocenters. The van der Waals surface area contributed by atoms with Gasteiger partial charge in [0.1, 0.15) is 0 Å². The Morgan fingerprint density at radius 3 is 2.90 bits per heavy atom. The molecule has 2 N–H and O–H groups in total. The molecule has 0 radical (unpaired) electrons. The van der Waals surface area contributed by atoms with Crippen molar-refractivity contribution in [3.8, 4) is 0 Å². The summed E-state index contributed by atoms with van der Waals surface area (Å²) in [6, 6.07) is 1.38. The fourth-order valence-electron chi connectivity index (χ4n) is 2.57. The summed E-state index contributed by atoms with van der Waals surface area (Å²) < 4.78 is 0. The van der Waals surface area contributed by atoms with Crippen molar-refractivity contribution in [3.63, 3.8) is 0 Å². The van der Waals surface area contributed by atoms with E-state index in [0.29, 0.717) is 16.4 Å². The predicted octanol–water partition coefficient (Wildman–Crippen LogP) is 2.45. The largest absolute Gasteiger partial charge is 0.394 e. The molecule has 2 atom stereocenters. The van der Waals surface area contributed by atoms with Crippen molar-refractivity contribution in [2.24, 2.45) is 0 Å². The Morgan fingerprint density at radius 2 is 2.30 bits per heavy atom. The van der Waals surface area contributed by atoms with Gasteiger partial charge in [-0.1, -0.05) is 12.8 Å². The number of aliphatic hydroxyl groups is 2. The summed E-state index contributed by atoms with van der Waals surface area (Å²) in [6.45, 7) is 2.32. The molecule has 0 spiro atoms. The van der Waals surface area contributed by atoms with Crippen LogP contribution in [0.1, 0.15) is 43.6 Å². The number of hydrogen-bond donors (Lipinski definition) is 2. The number of aliphatic hydroxyl groups excluding tert-OH is 2. The summed E-state index contributed by atoms with van der Waals surface area (Å²) in [4.78, 5) is 13.4. The van der Waals surface area contributed by atoms with E-state index in [0.717, 1.165) is 25.7 Å². The normalized spacial score (nSPS) is 21.6. The number of nitrogens with zero attached hydrogens (tertiary/aromatic N) is 2. The van der Waals surface area contributed by atoms with Crippen LogP contribution in [0.15, 0.2) is 6.07 Å². The molecular weight excluding hydrogens is 280 g/mol. The number of hydrogen-bond acceptors (Lipinski definition) is 6. The Balaban J connectivity index is 2.39. The first-order valence-electron chi connectivity index (χ1n) is 6.88. The predicted molar refractivity (Wildman–Crippen MR) is 78.3 cm³/mol. The van der Waals surface area contributed by atoms with Crippen LogP contribution in [0, 0.1) is 10.1 Å². The zero-order chi connectivity index (χ0) is 14.7. The molecule has 112 valence electrons. The summed E-state index contributed by atoms with van der Waals surface area (Å²) in [5, 5.41) is 31.0. The maximum atomic E-state index is 11.2. The maximum absolute atomic E-state index is 11.2. The summed E-state index contributed by atoms with van der Waals surface area (Å²) in [6.07, 6.45) is 3.21. The number of anilines is 1. The van der Waals surface area contributed by atoms with Gasteiger partial charge in [0.25, 0.3) is 0 Å². The van der Waals surface area contributed by atoms with Gasteiger partial charge in [-0.2, -0.15) is 0 Å². The van der Waals surface area contributed by atoms with Gasteiger partial charge in [-0.05, 0) is 19.8 Å². The van der Waals surface area contributed by atoms with E-state index in [1.54, 1.807) is 6.92 Å². The van der Waals surface area contributed by atoms with Crippen LogP contribution < -0.4 is 4.90 Å². The maximum Gasteiger partial charge on any atom is 0.304 e. The SMILES string of the molecule is C[C@H](O)c1cc([N+](=O)[O-])c(N2CCCCCC2CO)s1.